The first kappa shape index (κ1) is 24.2. The lowest BCUT2D eigenvalue weighted by Gasteiger charge is -2.13. The Morgan fingerprint density at radius 3 is 2.44 bits per heavy atom. The summed E-state index contributed by atoms with van der Waals surface area (Å²) in [6.45, 7) is 0.365. The van der Waals surface area contributed by atoms with Crippen molar-refractivity contribution in [3.05, 3.63) is 86.2 Å². The molecule has 0 aliphatic carbocycles. The van der Waals surface area contributed by atoms with E-state index in [9.17, 15) is 4.79 Å². The summed E-state index contributed by atoms with van der Waals surface area (Å²) >= 11 is 10.8. The van der Waals surface area contributed by atoms with Gasteiger partial charge < -0.3 is 19.5 Å². The van der Waals surface area contributed by atoms with E-state index in [1.54, 1.807) is 20.3 Å². The predicted molar refractivity (Wildman–Crippen MR) is 140 cm³/mol. The summed E-state index contributed by atoms with van der Waals surface area (Å²) in [5.41, 5.74) is 2.48. The number of methoxy groups -OCH3 is 2. The van der Waals surface area contributed by atoms with Gasteiger partial charge in [-0.15, -0.1) is 0 Å². The second-order valence-electron chi connectivity index (χ2n) is 7.12. The normalized spacial score (nSPS) is 15.5. The van der Waals surface area contributed by atoms with Gasteiger partial charge in [0.15, 0.2) is 16.7 Å². The number of rotatable bonds is 7. The molecule has 1 aliphatic rings. The fourth-order valence-electron chi connectivity index (χ4n) is 3.07. The molecule has 1 N–H and O–H groups in total. The van der Waals surface area contributed by atoms with Gasteiger partial charge in [-0.2, -0.15) is 0 Å². The van der Waals surface area contributed by atoms with Gasteiger partial charge in [0.05, 0.1) is 24.8 Å². The van der Waals surface area contributed by atoms with Crippen LogP contribution in [0.4, 0.5) is 5.69 Å². The molecular formula is C25H20BrClN2O4S. The Kier molecular flexibility index (Phi) is 7.82. The van der Waals surface area contributed by atoms with E-state index in [2.05, 4.69) is 26.2 Å². The van der Waals surface area contributed by atoms with E-state index in [0.717, 1.165) is 27.0 Å². The van der Waals surface area contributed by atoms with Crippen LogP contribution in [0.1, 0.15) is 11.1 Å². The third kappa shape index (κ3) is 5.94. The minimum Gasteiger partial charge on any atom is -0.497 e. The molecular weight excluding hydrogens is 540 g/mol. The Morgan fingerprint density at radius 2 is 1.76 bits per heavy atom. The summed E-state index contributed by atoms with van der Waals surface area (Å²) in [5, 5.41) is 3.98. The Balaban J connectivity index is 1.51. The molecule has 0 atom stereocenters. The van der Waals surface area contributed by atoms with Gasteiger partial charge in [-0.25, -0.2) is 4.99 Å². The highest BCUT2D eigenvalue weighted by Gasteiger charge is 2.24. The number of hydrogen-bond donors (Lipinski definition) is 1. The van der Waals surface area contributed by atoms with Crippen molar-refractivity contribution < 1.29 is 19.0 Å². The molecule has 34 heavy (non-hydrogen) atoms. The van der Waals surface area contributed by atoms with Crippen molar-refractivity contribution in [2.24, 2.45) is 4.99 Å². The molecule has 0 saturated carbocycles. The Hall–Kier alpha value is -2.94. The standard InChI is InChI=1S/C25H20BrClN2O4S/c1-31-19-9-7-18(8-10-19)28-25-29-24(30)23(34-25)12-16-11-21(32-2)22(13-20(16)26)33-14-15-3-5-17(27)6-4-15/h3-13H,14H2,1-2H3,(H,28,29,30)/b23-12+. The number of hydrogen-bond acceptors (Lipinski definition) is 6. The molecule has 3 aromatic carbocycles. The molecule has 1 amide bonds. The van der Waals surface area contributed by atoms with Gasteiger partial charge >= 0.3 is 0 Å². The summed E-state index contributed by atoms with van der Waals surface area (Å²) in [6.07, 6.45) is 1.78. The molecule has 9 heteroatoms. The number of halogens is 2. The van der Waals surface area contributed by atoms with Crippen LogP contribution in [0.5, 0.6) is 17.2 Å². The number of carbonyl (C=O) groups excluding carboxylic acids is 1. The number of aliphatic imine (C=N–C) groups is 1. The number of nitrogens with one attached hydrogen (secondary N) is 1. The molecule has 0 aromatic heterocycles. The monoisotopic (exact) mass is 558 g/mol. The number of benzene rings is 3. The Bertz CT molecular complexity index is 1260. The zero-order valence-corrected chi connectivity index (χ0v) is 21.5. The van der Waals surface area contributed by atoms with Crippen molar-refractivity contribution in [1.82, 2.24) is 5.32 Å². The second-order valence-corrected chi connectivity index (χ2v) is 9.44. The lowest BCUT2D eigenvalue weighted by molar-refractivity contribution is -0.115. The van der Waals surface area contributed by atoms with Crippen LogP contribution in [0.25, 0.3) is 6.08 Å². The maximum absolute atomic E-state index is 12.5. The van der Waals surface area contributed by atoms with Crippen LogP contribution in [0, 0.1) is 0 Å². The quantitative estimate of drug-likeness (QED) is 0.331. The fourth-order valence-corrected chi connectivity index (χ4v) is 4.47. The van der Waals surface area contributed by atoms with Crippen molar-refractivity contribution in [2.45, 2.75) is 6.61 Å². The molecule has 0 bridgehead atoms. The van der Waals surface area contributed by atoms with E-state index in [-0.39, 0.29) is 5.91 Å². The lowest BCUT2D eigenvalue weighted by Crippen LogP contribution is -2.19. The average Bonchev–Trinajstić information content (AvgIpc) is 3.18. The highest BCUT2D eigenvalue weighted by Crippen LogP contribution is 2.37. The van der Waals surface area contributed by atoms with Gasteiger partial charge in [0.2, 0.25) is 0 Å². The maximum Gasteiger partial charge on any atom is 0.264 e. The predicted octanol–water partition coefficient (Wildman–Crippen LogP) is 6.59. The smallest absolute Gasteiger partial charge is 0.264 e. The number of amidine groups is 1. The van der Waals surface area contributed by atoms with Gasteiger partial charge in [-0.05, 0) is 77.5 Å². The molecule has 0 radical (unpaired) electrons. The summed E-state index contributed by atoms with van der Waals surface area (Å²) in [7, 11) is 3.18. The van der Waals surface area contributed by atoms with E-state index in [4.69, 9.17) is 25.8 Å². The largest absolute Gasteiger partial charge is 0.497 e. The molecule has 1 aliphatic heterocycles. The van der Waals surface area contributed by atoms with E-state index in [0.29, 0.717) is 33.2 Å². The summed E-state index contributed by atoms with van der Waals surface area (Å²) in [4.78, 5) is 17.5. The molecule has 3 aromatic rings. The Morgan fingerprint density at radius 1 is 1.03 bits per heavy atom. The highest BCUT2D eigenvalue weighted by atomic mass is 79.9. The molecule has 174 valence electrons. The van der Waals surface area contributed by atoms with Crippen LogP contribution in [0.15, 0.2) is 75.0 Å². The third-order valence-corrected chi connectivity index (χ3v) is 6.68. The van der Waals surface area contributed by atoms with Crippen LogP contribution < -0.4 is 19.5 Å². The Labute approximate surface area is 215 Å². The maximum atomic E-state index is 12.5. The molecule has 4 rings (SSSR count). The van der Waals surface area contributed by atoms with Gasteiger partial charge in [-0.3, -0.25) is 4.79 Å². The minimum absolute atomic E-state index is 0.216. The first-order chi connectivity index (χ1) is 16.4. The molecule has 0 unspecified atom stereocenters. The SMILES string of the molecule is COc1ccc(N=C2NC(=O)/C(=C\c3cc(OC)c(OCc4ccc(Cl)cc4)cc3Br)S2)cc1. The topological polar surface area (TPSA) is 69.2 Å². The highest BCUT2D eigenvalue weighted by molar-refractivity contribution is 9.10. The van der Waals surface area contributed by atoms with Crippen LogP contribution in [0.3, 0.4) is 0 Å². The number of nitrogens with zero attached hydrogens (tertiary/aromatic N) is 1. The van der Waals surface area contributed by atoms with Crippen molar-refractivity contribution >= 4 is 62.1 Å². The molecule has 1 saturated heterocycles. The first-order valence-electron chi connectivity index (χ1n) is 10.1. The molecule has 6 nitrogen and oxygen atoms in total. The van der Waals surface area contributed by atoms with Crippen LogP contribution in [-0.4, -0.2) is 25.3 Å². The van der Waals surface area contributed by atoms with E-state index in [1.807, 2.05) is 60.7 Å². The average molecular weight is 560 g/mol. The van der Waals surface area contributed by atoms with Gasteiger partial charge in [0, 0.05) is 9.50 Å². The van der Waals surface area contributed by atoms with Crippen molar-refractivity contribution in [3.8, 4) is 17.2 Å². The fraction of sp³-hybridized carbons (Fsp3) is 0.120. The van der Waals surface area contributed by atoms with Crippen LogP contribution in [0.2, 0.25) is 5.02 Å². The minimum atomic E-state index is -0.216. The van der Waals surface area contributed by atoms with Crippen LogP contribution in [-0.2, 0) is 11.4 Å². The van der Waals surface area contributed by atoms with Gasteiger partial charge in [-0.1, -0.05) is 39.7 Å². The zero-order valence-electron chi connectivity index (χ0n) is 18.3. The first-order valence-corrected chi connectivity index (χ1v) is 12.1. The summed E-state index contributed by atoms with van der Waals surface area (Å²) in [5.74, 6) is 1.66. The third-order valence-electron chi connectivity index (χ3n) is 4.83. The van der Waals surface area contributed by atoms with Gasteiger partial charge in [0.25, 0.3) is 5.91 Å². The van der Waals surface area contributed by atoms with Crippen LogP contribution >= 0.6 is 39.3 Å². The second kappa shape index (κ2) is 11.0. The van der Waals surface area contributed by atoms with Crippen molar-refractivity contribution in [3.63, 3.8) is 0 Å². The molecule has 1 fully saturated rings. The zero-order chi connectivity index (χ0) is 24.1. The van der Waals surface area contributed by atoms with Crippen molar-refractivity contribution in [2.75, 3.05) is 14.2 Å². The van der Waals surface area contributed by atoms with E-state index in [1.165, 1.54) is 11.8 Å². The number of carbonyl (C=O) groups is 1. The summed E-state index contributed by atoms with van der Waals surface area (Å²) in [6, 6.07) is 18.4. The number of ether oxygens (including phenoxy) is 3. The van der Waals surface area contributed by atoms with Crippen molar-refractivity contribution in [1.29, 1.82) is 0 Å². The summed E-state index contributed by atoms with van der Waals surface area (Å²) < 4.78 is 17.4. The molecule has 1 heterocycles. The van der Waals surface area contributed by atoms with E-state index >= 15 is 0 Å². The lowest BCUT2D eigenvalue weighted by atomic mass is 10.1. The molecule has 0 spiro atoms. The number of thioether (sulfide) groups is 1. The number of amides is 1. The van der Waals surface area contributed by atoms with E-state index < -0.39 is 0 Å². The van der Waals surface area contributed by atoms with Gasteiger partial charge in [0.1, 0.15) is 12.4 Å².